The van der Waals surface area contributed by atoms with Crippen molar-refractivity contribution >= 4 is 22.8 Å². The van der Waals surface area contributed by atoms with Crippen molar-refractivity contribution in [2.24, 2.45) is 5.92 Å². The molecular weight excluding hydrogens is 370 g/mol. The van der Waals surface area contributed by atoms with Gasteiger partial charge in [-0.1, -0.05) is 36.4 Å². The summed E-state index contributed by atoms with van der Waals surface area (Å²) in [6, 6.07) is 19.1. The van der Waals surface area contributed by atoms with Crippen LogP contribution in [0.15, 0.2) is 60.7 Å². The van der Waals surface area contributed by atoms with E-state index in [1.54, 1.807) is 24.3 Å². The summed E-state index contributed by atoms with van der Waals surface area (Å²) >= 11 is 0. The third kappa shape index (κ3) is 4.90. The Morgan fingerprint density at radius 2 is 1.76 bits per heavy atom. The molecule has 29 heavy (non-hydrogen) atoms. The Morgan fingerprint density at radius 1 is 1.00 bits per heavy atom. The van der Waals surface area contributed by atoms with Crippen molar-refractivity contribution in [3.63, 3.8) is 0 Å². The van der Waals surface area contributed by atoms with Crippen LogP contribution in [0.4, 0.5) is 0 Å². The number of carbonyl (C=O) groups excluding carboxylic acids is 2. The van der Waals surface area contributed by atoms with Crippen molar-refractivity contribution in [1.82, 2.24) is 4.98 Å². The molecule has 6 nitrogen and oxygen atoms in total. The van der Waals surface area contributed by atoms with Gasteiger partial charge in [0, 0.05) is 5.39 Å². The third-order valence-corrected chi connectivity index (χ3v) is 4.75. The molecule has 3 aromatic rings. The summed E-state index contributed by atoms with van der Waals surface area (Å²) in [5, 5.41) is 1.09. The fourth-order valence-electron chi connectivity index (χ4n) is 2.93. The van der Waals surface area contributed by atoms with Crippen LogP contribution >= 0.6 is 0 Å². The molecule has 1 atom stereocenters. The Hall–Kier alpha value is -3.41. The smallest absolute Gasteiger partial charge is 0.359 e. The van der Waals surface area contributed by atoms with E-state index in [1.165, 1.54) is 0 Å². The minimum Gasteiger partial charge on any atom is -0.484 e. The van der Waals surface area contributed by atoms with Crippen LogP contribution in [-0.2, 0) is 25.8 Å². The highest BCUT2D eigenvalue weighted by molar-refractivity contribution is 5.78. The first-order valence-corrected chi connectivity index (χ1v) is 9.61. The van der Waals surface area contributed by atoms with Gasteiger partial charge in [0.1, 0.15) is 11.9 Å². The van der Waals surface area contributed by atoms with Gasteiger partial charge in [-0.15, -0.1) is 0 Å². The van der Waals surface area contributed by atoms with E-state index in [0.29, 0.717) is 5.75 Å². The summed E-state index contributed by atoms with van der Waals surface area (Å²) in [5.41, 5.74) is 2.51. The molecule has 6 heteroatoms. The molecule has 0 bridgehead atoms. The number of hydrogen-bond donors (Lipinski definition) is 0. The van der Waals surface area contributed by atoms with Crippen LogP contribution in [0.2, 0.25) is 0 Å². The molecule has 0 aliphatic heterocycles. The van der Waals surface area contributed by atoms with Crippen LogP contribution in [0.3, 0.4) is 0 Å². The second kappa shape index (κ2) is 8.31. The van der Waals surface area contributed by atoms with E-state index < -0.39 is 11.9 Å². The lowest BCUT2D eigenvalue weighted by molar-refractivity contribution is -0.259. The van der Waals surface area contributed by atoms with Crippen LogP contribution < -0.4 is 4.74 Å². The first kappa shape index (κ1) is 18.9. The highest BCUT2D eigenvalue weighted by Gasteiger charge is 2.33. The maximum Gasteiger partial charge on any atom is 0.359 e. The number of para-hydroxylation sites is 1. The Kier molecular flexibility index (Phi) is 5.42. The van der Waals surface area contributed by atoms with Crippen molar-refractivity contribution < 1.29 is 24.1 Å². The monoisotopic (exact) mass is 391 g/mol. The van der Waals surface area contributed by atoms with Crippen molar-refractivity contribution in [3.8, 4) is 5.75 Å². The van der Waals surface area contributed by atoms with Crippen molar-refractivity contribution in [3.05, 3.63) is 71.9 Å². The highest BCUT2D eigenvalue weighted by Crippen LogP contribution is 2.30. The molecule has 1 heterocycles. The molecule has 0 amide bonds. The number of rotatable bonds is 6. The summed E-state index contributed by atoms with van der Waals surface area (Å²) in [6.07, 6.45) is 1.38. The number of ether oxygens (including phenoxy) is 1. The standard InChI is InChI=1S/C23H21NO5/c1-15(20-13-10-17-4-2-3-5-21(17)24-20)27-19-11-6-16(7-12-19)14-22(25)28-29-23(26)18-8-9-18/h2-7,10-13,15,18H,8-9,14H2,1H3. The number of nitrogens with zero attached hydrogens (tertiary/aromatic N) is 1. The number of aromatic nitrogens is 1. The topological polar surface area (TPSA) is 74.7 Å². The lowest BCUT2D eigenvalue weighted by Crippen LogP contribution is -2.14. The van der Waals surface area contributed by atoms with Gasteiger partial charge in [-0.05, 0) is 49.6 Å². The van der Waals surface area contributed by atoms with Gasteiger partial charge in [0.05, 0.1) is 23.5 Å². The van der Waals surface area contributed by atoms with Gasteiger partial charge in [0.15, 0.2) is 0 Å². The van der Waals surface area contributed by atoms with E-state index in [4.69, 9.17) is 4.74 Å². The lowest BCUT2D eigenvalue weighted by Gasteiger charge is -2.15. The quantitative estimate of drug-likeness (QED) is 0.460. The predicted molar refractivity (Wildman–Crippen MR) is 106 cm³/mol. The average molecular weight is 391 g/mol. The number of benzene rings is 2. The molecule has 2 aromatic carbocycles. The molecule has 1 unspecified atom stereocenters. The summed E-state index contributed by atoms with van der Waals surface area (Å²) in [7, 11) is 0. The summed E-state index contributed by atoms with van der Waals surface area (Å²) in [4.78, 5) is 36.9. The van der Waals surface area contributed by atoms with Crippen LogP contribution in [-0.4, -0.2) is 16.9 Å². The number of pyridine rings is 1. The largest absolute Gasteiger partial charge is 0.484 e. The summed E-state index contributed by atoms with van der Waals surface area (Å²) in [6.45, 7) is 1.94. The summed E-state index contributed by atoms with van der Waals surface area (Å²) in [5.74, 6) is -0.525. The second-order valence-corrected chi connectivity index (χ2v) is 7.14. The van der Waals surface area contributed by atoms with Crippen LogP contribution in [0.25, 0.3) is 10.9 Å². The average Bonchev–Trinajstić information content (AvgIpc) is 3.58. The highest BCUT2D eigenvalue weighted by atomic mass is 17.2. The molecule has 1 aliphatic carbocycles. The second-order valence-electron chi connectivity index (χ2n) is 7.14. The first-order valence-electron chi connectivity index (χ1n) is 9.61. The predicted octanol–water partition coefficient (Wildman–Crippen LogP) is 4.33. The van der Waals surface area contributed by atoms with E-state index >= 15 is 0 Å². The Bertz CT molecular complexity index is 1030. The van der Waals surface area contributed by atoms with Crippen LogP contribution in [0, 0.1) is 5.92 Å². The molecule has 1 fully saturated rings. The first-order chi connectivity index (χ1) is 14.1. The van der Waals surface area contributed by atoms with E-state index in [-0.39, 0.29) is 18.4 Å². The van der Waals surface area contributed by atoms with Gasteiger partial charge >= 0.3 is 11.9 Å². The zero-order chi connectivity index (χ0) is 20.2. The van der Waals surface area contributed by atoms with Crippen LogP contribution in [0.1, 0.15) is 37.1 Å². The fraction of sp³-hybridized carbons (Fsp3) is 0.261. The van der Waals surface area contributed by atoms with Crippen molar-refractivity contribution in [2.45, 2.75) is 32.3 Å². The molecule has 148 valence electrons. The number of hydrogen-bond acceptors (Lipinski definition) is 6. The van der Waals surface area contributed by atoms with Gasteiger partial charge in [-0.2, -0.15) is 0 Å². The molecule has 1 aromatic heterocycles. The van der Waals surface area contributed by atoms with E-state index in [1.807, 2.05) is 43.3 Å². The maximum absolute atomic E-state index is 11.8. The molecular formula is C23H21NO5. The van der Waals surface area contributed by atoms with Crippen molar-refractivity contribution in [2.75, 3.05) is 0 Å². The molecule has 0 saturated heterocycles. The molecule has 0 spiro atoms. The van der Waals surface area contributed by atoms with E-state index in [0.717, 1.165) is 35.0 Å². The van der Waals surface area contributed by atoms with Crippen LogP contribution in [0.5, 0.6) is 5.75 Å². The summed E-state index contributed by atoms with van der Waals surface area (Å²) < 4.78 is 5.97. The zero-order valence-electron chi connectivity index (χ0n) is 16.0. The van der Waals surface area contributed by atoms with E-state index in [9.17, 15) is 9.59 Å². The zero-order valence-corrected chi connectivity index (χ0v) is 16.0. The van der Waals surface area contributed by atoms with Gasteiger partial charge < -0.3 is 4.74 Å². The third-order valence-electron chi connectivity index (χ3n) is 4.75. The van der Waals surface area contributed by atoms with Crippen molar-refractivity contribution in [1.29, 1.82) is 0 Å². The van der Waals surface area contributed by atoms with Gasteiger partial charge in [0.25, 0.3) is 0 Å². The Labute approximate surface area is 168 Å². The normalized spacial score (nSPS) is 14.2. The minimum atomic E-state index is -0.610. The molecule has 0 N–H and O–H groups in total. The number of carbonyl (C=O) groups is 2. The SMILES string of the molecule is CC(Oc1ccc(CC(=O)OOC(=O)C2CC2)cc1)c1ccc2ccccc2n1. The van der Waals surface area contributed by atoms with Gasteiger partial charge in [-0.25, -0.2) is 24.3 Å². The fourth-order valence-corrected chi connectivity index (χ4v) is 2.93. The lowest BCUT2D eigenvalue weighted by atomic mass is 10.1. The van der Waals surface area contributed by atoms with E-state index in [2.05, 4.69) is 14.8 Å². The molecule has 0 radical (unpaired) electrons. The Balaban J connectivity index is 1.32. The van der Waals surface area contributed by atoms with Gasteiger partial charge in [0.2, 0.25) is 0 Å². The number of fused-ring (bicyclic) bond motifs is 1. The Morgan fingerprint density at radius 3 is 2.52 bits per heavy atom. The maximum atomic E-state index is 11.8. The van der Waals surface area contributed by atoms with Gasteiger partial charge in [-0.3, -0.25) is 0 Å². The minimum absolute atomic E-state index is 0.0139. The molecule has 1 saturated carbocycles. The molecule has 1 aliphatic rings. The molecule has 4 rings (SSSR count).